The van der Waals surface area contributed by atoms with Crippen molar-refractivity contribution in [3.8, 4) is 0 Å². The van der Waals surface area contributed by atoms with Crippen LogP contribution in [0, 0.1) is 5.92 Å². The maximum Gasteiger partial charge on any atom is 0.352 e. The number of carbonyl (C=O) groups excluding carboxylic acids is 2. The minimum Gasteiger partial charge on any atom is -0.477 e. The number of amides is 3. The number of rotatable bonds is 5. The Balaban J connectivity index is 1.85. The van der Waals surface area contributed by atoms with Gasteiger partial charge in [-0.15, -0.1) is 0 Å². The van der Waals surface area contributed by atoms with Crippen molar-refractivity contribution < 1.29 is 24.6 Å². The molecule has 2 heterocycles. The lowest BCUT2D eigenvalue weighted by atomic mass is 9.82. The van der Waals surface area contributed by atoms with Crippen LogP contribution in [0.25, 0.3) is 5.57 Å². The van der Waals surface area contributed by atoms with Crippen LogP contribution in [0.15, 0.2) is 30.0 Å². The van der Waals surface area contributed by atoms with Gasteiger partial charge in [0.05, 0.1) is 18.1 Å². The number of carbonyl (C=O) groups is 3. The number of hydrogen-bond donors (Lipinski definition) is 4. The van der Waals surface area contributed by atoms with Gasteiger partial charge in [-0.25, -0.2) is 9.59 Å². The molecule has 138 valence electrons. The Morgan fingerprint density at radius 2 is 1.96 bits per heavy atom. The van der Waals surface area contributed by atoms with Crippen LogP contribution >= 0.6 is 0 Å². The fourth-order valence-corrected chi connectivity index (χ4v) is 3.62. The van der Waals surface area contributed by atoms with E-state index < -0.39 is 18.0 Å². The van der Waals surface area contributed by atoms with Crippen LogP contribution in [0.2, 0.25) is 0 Å². The van der Waals surface area contributed by atoms with Gasteiger partial charge < -0.3 is 25.7 Å². The average Bonchev–Trinajstić information content (AvgIpc) is 2.90. The zero-order valence-electron chi connectivity index (χ0n) is 14.5. The van der Waals surface area contributed by atoms with Gasteiger partial charge in [0, 0.05) is 12.2 Å². The molecule has 1 aromatic rings. The molecule has 3 rings (SSSR count). The molecule has 3 amide bonds. The maximum absolute atomic E-state index is 12.2. The third-order valence-electron chi connectivity index (χ3n) is 4.76. The Hall–Kier alpha value is -2.87. The molecule has 8 nitrogen and oxygen atoms in total. The molecule has 2 aliphatic heterocycles. The first-order valence-corrected chi connectivity index (χ1v) is 8.48. The minimum absolute atomic E-state index is 0.0265. The summed E-state index contributed by atoms with van der Waals surface area (Å²) in [5.41, 5.74) is 1.79. The molecule has 0 bridgehead atoms. The van der Waals surface area contributed by atoms with Gasteiger partial charge in [-0.2, -0.15) is 0 Å². The lowest BCUT2D eigenvalue weighted by molar-refractivity contribution is -0.161. The van der Waals surface area contributed by atoms with E-state index in [-0.39, 0.29) is 23.7 Å². The summed E-state index contributed by atoms with van der Waals surface area (Å²) in [6.45, 7) is 3.86. The van der Waals surface area contributed by atoms with Gasteiger partial charge in [0.25, 0.3) is 0 Å². The van der Waals surface area contributed by atoms with Gasteiger partial charge >= 0.3 is 12.0 Å². The minimum atomic E-state index is -1.16. The molecule has 1 fully saturated rings. The quantitative estimate of drug-likeness (QED) is 0.590. The summed E-state index contributed by atoms with van der Waals surface area (Å²) in [5.74, 6) is -2.09. The number of carboxylic acid groups (broad SMARTS) is 1. The van der Waals surface area contributed by atoms with Crippen molar-refractivity contribution in [3.05, 3.63) is 35.5 Å². The van der Waals surface area contributed by atoms with E-state index in [0.29, 0.717) is 29.8 Å². The summed E-state index contributed by atoms with van der Waals surface area (Å²) in [4.78, 5) is 36.8. The molecular weight excluding hydrogens is 338 g/mol. The third kappa shape index (κ3) is 2.92. The van der Waals surface area contributed by atoms with Gasteiger partial charge in [0.1, 0.15) is 5.70 Å². The molecule has 4 N–H and O–H groups in total. The lowest BCUT2D eigenvalue weighted by Crippen LogP contribution is -2.61. The third-order valence-corrected chi connectivity index (χ3v) is 4.76. The van der Waals surface area contributed by atoms with E-state index in [2.05, 4.69) is 10.6 Å². The second-order valence-electron chi connectivity index (χ2n) is 6.44. The Morgan fingerprint density at radius 3 is 2.50 bits per heavy atom. The molecule has 2 aliphatic rings. The van der Waals surface area contributed by atoms with Crippen molar-refractivity contribution in [1.82, 2.24) is 10.2 Å². The second-order valence-corrected chi connectivity index (χ2v) is 6.44. The average molecular weight is 359 g/mol. The highest BCUT2D eigenvalue weighted by atomic mass is 16.4. The van der Waals surface area contributed by atoms with Gasteiger partial charge in [-0.3, -0.25) is 4.79 Å². The van der Waals surface area contributed by atoms with Crippen molar-refractivity contribution in [3.63, 3.8) is 0 Å². The van der Waals surface area contributed by atoms with Crippen LogP contribution in [0.3, 0.4) is 0 Å². The monoisotopic (exact) mass is 359 g/mol. The molecule has 0 saturated carbocycles. The summed E-state index contributed by atoms with van der Waals surface area (Å²) in [5, 5.41) is 24.6. The predicted octanol–water partition coefficient (Wildman–Crippen LogP) is 1.24. The SMILES string of the molecule is CCNC(=O)Nc1ccc(C2=C(C(=O)O)N3C(=O)[C@H]([C@@H](C)O)[C@H]3C2)cc1. The smallest absolute Gasteiger partial charge is 0.352 e. The molecule has 0 radical (unpaired) electrons. The molecule has 0 spiro atoms. The topological polar surface area (TPSA) is 119 Å². The van der Waals surface area contributed by atoms with Crippen molar-refractivity contribution in [2.45, 2.75) is 32.4 Å². The van der Waals surface area contributed by atoms with Crippen LogP contribution < -0.4 is 10.6 Å². The van der Waals surface area contributed by atoms with E-state index in [9.17, 15) is 24.6 Å². The number of nitrogens with zero attached hydrogens (tertiary/aromatic N) is 1. The number of urea groups is 1. The lowest BCUT2D eigenvalue weighted by Gasteiger charge is -2.44. The second kappa shape index (κ2) is 6.80. The number of anilines is 1. The highest BCUT2D eigenvalue weighted by molar-refractivity contribution is 6.06. The van der Waals surface area contributed by atoms with Crippen LogP contribution in [-0.4, -0.2) is 51.7 Å². The van der Waals surface area contributed by atoms with E-state index >= 15 is 0 Å². The van der Waals surface area contributed by atoms with E-state index in [1.807, 2.05) is 6.92 Å². The summed E-state index contributed by atoms with van der Waals surface area (Å²) < 4.78 is 0. The fraction of sp³-hybridized carbons (Fsp3) is 0.389. The van der Waals surface area contributed by atoms with Crippen LogP contribution in [0.4, 0.5) is 10.5 Å². The zero-order chi connectivity index (χ0) is 19.0. The van der Waals surface area contributed by atoms with Crippen molar-refractivity contribution >= 4 is 29.2 Å². The number of hydrogen-bond acceptors (Lipinski definition) is 4. The predicted molar refractivity (Wildman–Crippen MR) is 94.1 cm³/mol. The standard InChI is InChI=1S/C18H21N3O5/c1-3-19-18(26)20-11-6-4-10(5-7-11)12-8-13-14(9(2)22)16(23)21(13)15(12)17(24)25/h4-7,9,13-14,22H,3,8H2,1-2H3,(H,24,25)(H2,19,20,26)/t9-,13-,14-/m1/s1. The molecule has 0 unspecified atom stereocenters. The van der Waals surface area contributed by atoms with Crippen molar-refractivity contribution in [2.24, 2.45) is 5.92 Å². The van der Waals surface area contributed by atoms with E-state index in [0.717, 1.165) is 0 Å². The van der Waals surface area contributed by atoms with E-state index in [4.69, 9.17) is 0 Å². The fourth-order valence-electron chi connectivity index (χ4n) is 3.62. The summed E-state index contributed by atoms with van der Waals surface area (Å²) in [7, 11) is 0. The molecule has 3 atom stereocenters. The Kier molecular flexibility index (Phi) is 4.69. The highest BCUT2D eigenvalue weighted by Crippen LogP contribution is 2.46. The number of carboxylic acids is 1. The summed E-state index contributed by atoms with van der Waals surface area (Å²) in [6, 6.07) is 6.15. The number of β-lactam (4-membered cyclic amide) rings is 1. The number of aliphatic carboxylic acids is 1. The van der Waals surface area contributed by atoms with Gasteiger partial charge in [-0.1, -0.05) is 12.1 Å². The van der Waals surface area contributed by atoms with E-state index in [1.165, 1.54) is 4.90 Å². The van der Waals surface area contributed by atoms with Crippen LogP contribution in [0.5, 0.6) is 0 Å². The van der Waals surface area contributed by atoms with Crippen LogP contribution in [0.1, 0.15) is 25.8 Å². The number of aliphatic hydroxyl groups is 1. The largest absolute Gasteiger partial charge is 0.477 e. The maximum atomic E-state index is 12.2. The summed E-state index contributed by atoms with van der Waals surface area (Å²) >= 11 is 0. The first kappa shape index (κ1) is 17.9. The number of aliphatic hydroxyl groups excluding tert-OH is 1. The first-order chi connectivity index (χ1) is 12.3. The van der Waals surface area contributed by atoms with Gasteiger partial charge in [-0.05, 0) is 43.5 Å². The Bertz CT molecular complexity index is 785. The summed E-state index contributed by atoms with van der Waals surface area (Å²) in [6.07, 6.45) is -0.437. The molecule has 1 saturated heterocycles. The van der Waals surface area contributed by atoms with E-state index in [1.54, 1.807) is 31.2 Å². The molecule has 8 heteroatoms. The zero-order valence-corrected chi connectivity index (χ0v) is 14.5. The first-order valence-electron chi connectivity index (χ1n) is 8.48. The number of benzene rings is 1. The molecule has 0 aromatic heterocycles. The number of nitrogens with one attached hydrogen (secondary N) is 2. The van der Waals surface area contributed by atoms with Crippen molar-refractivity contribution in [2.75, 3.05) is 11.9 Å². The molecule has 0 aliphatic carbocycles. The van der Waals surface area contributed by atoms with Gasteiger partial charge in [0.2, 0.25) is 5.91 Å². The Morgan fingerprint density at radius 1 is 1.31 bits per heavy atom. The molecule has 1 aromatic carbocycles. The Labute approximate surface area is 150 Å². The van der Waals surface area contributed by atoms with Crippen LogP contribution in [-0.2, 0) is 9.59 Å². The van der Waals surface area contributed by atoms with Crippen molar-refractivity contribution in [1.29, 1.82) is 0 Å². The van der Waals surface area contributed by atoms with Gasteiger partial charge in [0.15, 0.2) is 0 Å². The molecule has 26 heavy (non-hydrogen) atoms. The number of fused-ring (bicyclic) bond motifs is 1. The normalized spacial score (nSPS) is 22.6. The highest BCUT2D eigenvalue weighted by Gasteiger charge is 2.56. The molecular formula is C18H21N3O5.